The van der Waals surface area contributed by atoms with Gasteiger partial charge < -0.3 is 0 Å². The fourth-order valence-electron chi connectivity index (χ4n) is 2.35. The van der Waals surface area contributed by atoms with E-state index in [2.05, 4.69) is 0 Å². The summed E-state index contributed by atoms with van der Waals surface area (Å²) >= 11 is 6.00. The molecule has 0 saturated carbocycles. The first-order valence-corrected chi connectivity index (χ1v) is 7.08. The highest BCUT2D eigenvalue weighted by Gasteiger charge is 2.40. The maximum Gasteiger partial charge on any atom is 0.277 e. The van der Waals surface area contributed by atoms with Crippen molar-refractivity contribution in [2.45, 2.75) is 6.92 Å². The number of aryl methyl sites for hydroxylation is 1. The van der Waals surface area contributed by atoms with E-state index in [1.807, 2.05) is 6.92 Å². The maximum absolute atomic E-state index is 13.9. The van der Waals surface area contributed by atoms with Crippen LogP contribution in [-0.4, -0.2) is 11.8 Å². The van der Waals surface area contributed by atoms with Gasteiger partial charge >= 0.3 is 0 Å². The molecule has 0 N–H and O–H groups in total. The van der Waals surface area contributed by atoms with E-state index in [9.17, 15) is 18.4 Å². The van der Waals surface area contributed by atoms with Crippen molar-refractivity contribution < 1.29 is 18.4 Å². The van der Waals surface area contributed by atoms with Crippen LogP contribution in [0.25, 0.3) is 5.57 Å². The van der Waals surface area contributed by atoms with E-state index in [0.29, 0.717) is 16.5 Å². The van der Waals surface area contributed by atoms with Crippen LogP contribution in [0, 0.1) is 18.6 Å². The van der Waals surface area contributed by atoms with Crippen molar-refractivity contribution in [1.82, 2.24) is 0 Å². The van der Waals surface area contributed by atoms with Crippen LogP contribution in [0.1, 0.15) is 11.1 Å². The van der Waals surface area contributed by atoms with Gasteiger partial charge in [0.2, 0.25) is 0 Å². The topological polar surface area (TPSA) is 37.4 Å². The molecule has 3 rings (SSSR count). The number of rotatable bonds is 2. The number of anilines is 1. The van der Waals surface area contributed by atoms with Gasteiger partial charge in [0.1, 0.15) is 16.7 Å². The summed E-state index contributed by atoms with van der Waals surface area (Å²) in [5.74, 6) is -3.39. The molecule has 0 aromatic heterocycles. The lowest BCUT2D eigenvalue weighted by atomic mass is 10.0. The number of carbonyl (C=O) groups is 2. The maximum atomic E-state index is 13.9. The van der Waals surface area contributed by atoms with Crippen molar-refractivity contribution >= 4 is 34.7 Å². The van der Waals surface area contributed by atoms with Crippen LogP contribution in [0.4, 0.5) is 14.5 Å². The molecule has 0 spiro atoms. The first-order valence-electron chi connectivity index (χ1n) is 6.71. The normalized spacial score (nSPS) is 14.9. The predicted octanol–water partition coefficient (Wildman–Crippen LogP) is 3.80. The van der Waals surface area contributed by atoms with E-state index in [1.165, 1.54) is 0 Å². The molecule has 2 aromatic carbocycles. The van der Waals surface area contributed by atoms with Crippen molar-refractivity contribution in [2.75, 3.05) is 4.90 Å². The molecule has 0 radical (unpaired) electrons. The summed E-state index contributed by atoms with van der Waals surface area (Å²) in [6.45, 7) is 1.88. The quantitative estimate of drug-likeness (QED) is 0.784. The summed E-state index contributed by atoms with van der Waals surface area (Å²) in [5.41, 5.74) is 1.11. The van der Waals surface area contributed by atoms with Gasteiger partial charge in [-0.1, -0.05) is 41.4 Å². The summed E-state index contributed by atoms with van der Waals surface area (Å²) in [5, 5.41) is -0.289. The number of benzene rings is 2. The molecule has 3 nitrogen and oxygen atoms in total. The Kier molecular flexibility index (Phi) is 3.74. The zero-order valence-electron chi connectivity index (χ0n) is 11.9. The average Bonchev–Trinajstić information content (AvgIpc) is 2.72. The molecule has 0 saturated heterocycles. The molecule has 2 aromatic rings. The molecule has 6 heteroatoms. The summed E-state index contributed by atoms with van der Waals surface area (Å²) in [6.07, 6.45) is 0. The third kappa shape index (κ3) is 2.53. The van der Waals surface area contributed by atoms with E-state index < -0.39 is 23.4 Å². The van der Waals surface area contributed by atoms with Crippen molar-refractivity contribution in [3.8, 4) is 0 Å². The third-order valence-electron chi connectivity index (χ3n) is 3.52. The Morgan fingerprint density at radius 2 is 1.61 bits per heavy atom. The minimum Gasteiger partial charge on any atom is -0.268 e. The first kappa shape index (κ1) is 15.4. The highest BCUT2D eigenvalue weighted by atomic mass is 35.5. The molecule has 23 heavy (non-hydrogen) atoms. The number of carbonyl (C=O) groups excluding carboxylic acids is 2. The molecule has 1 heterocycles. The second-order valence-corrected chi connectivity index (χ2v) is 5.47. The standard InChI is InChI=1S/C17H10ClF2NO2/c1-9-2-4-10(5-3-9)14-15(18)17(23)21(16(14)22)13-7-6-11(19)8-12(13)20/h2-8H,1H3. The van der Waals surface area contributed by atoms with Crippen LogP contribution in [0.5, 0.6) is 0 Å². The zero-order valence-corrected chi connectivity index (χ0v) is 12.7. The van der Waals surface area contributed by atoms with Gasteiger partial charge in [0.15, 0.2) is 0 Å². The van der Waals surface area contributed by atoms with Crippen molar-refractivity contribution in [1.29, 1.82) is 0 Å². The number of halogens is 3. The van der Waals surface area contributed by atoms with E-state index in [0.717, 1.165) is 17.7 Å². The van der Waals surface area contributed by atoms with E-state index in [-0.39, 0.29) is 16.3 Å². The van der Waals surface area contributed by atoms with Gasteiger partial charge in [-0.25, -0.2) is 13.7 Å². The van der Waals surface area contributed by atoms with Crippen molar-refractivity contribution in [3.63, 3.8) is 0 Å². The summed E-state index contributed by atoms with van der Waals surface area (Å²) in [4.78, 5) is 25.4. The Morgan fingerprint density at radius 3 is 2.22 bits per heavy atom. The highest BCUT2D eigenvalue weighted by molar-refractivity contribution is 6.60. The smallest absolute Gasteiger partial charge is 0.268 e. The fourth-order valence-corrected chi connectivity index (χ4v) is 2.63. The monoisotopic (exact) mass is 333 g/mol. The molecule has 0 fully saturated rings. The fraction of sp³-hybridized carbons (Fsp3) is 0.0588. The number of hydrogen-bond donors (Lipinski definition) is 0. The Balaban J connectivity index is 2.07. The number of nitrogens with zero attached hydrogens (tertiary/aromatic N) is 1. The summed E-state index contributed by atoms with van der Waals surface area (Å²) in [6, 6.07) is 9.45. The molecule has 0 unspecified atom stereocenters. The Morgan fingerprint density at radius 1 is 0.957 bits per heavy atom. The van der Waals surface area contributed by atoms with Gasteiger partial charge in [0.05, 0.1) is 11.3 Å². The van der Waals surface area contributed by atoms with Crippen molar-refractivity contribution in [2.24, 2.45) is 0 Å². The molecule has 1 aliphatic rings. The lowest BCUT2D eigenvalue weighted by Gasteiger charge is -2.15. The molecule has 1 aliphatic heterocycles. The first-order chi connectivity index (χ1) is 10.9. The Hall–Kier alpha value is -2.53. The number of hydrogen-bond acceptors (Lipinski definition) is 2. The van der Waals surface area contributed by atoms with Gasteiger partial charge in [-0.15, -0.1) is 0 Å². The molecular weight excluding hydrogens is 324 g/mol. The van der Waals surface area contributed by atoms with Crippen molar-refractivity contribution in [3.05, 3.63) is 70.3 Å². The molecule has 0 atom stereocenters. The Bertz CT molecular complexity index is 859. The molecule has 2 amide bonds. The van der Waals surface area contributed by atoms with Gasteiger partial charge in [-0.2, -0.15) is 0 Å². The van der Waals surface area contributed by atoms with Crippen LogP contribution in [0.3, 0.4) is 0 Å². The SMILES string of the molecule is Cc1ccc(C2=C(Cl)C(=O)N(c3ccc(F)cc3F)C2=O)cc1. The number of amides is 2. The van der Waals surface area contributed by atoms with Crippen LogP contribution in [0.2, 0.25) is 0 Å². The van der Waals surface area contributed by atoms with E-state index in [1.54, 1.807) is 24.3 Å². The average molecular weight is 334 g/mol. The third-order valence-corrected chi connectivity index (χ3v) is 3.87. The van der Waals surface area contributed by atoms with Gasteiger partial charge in [0, 0.05) is 6.07 Å². The van der Waals surface area contributed by atoms with Gasteiger partial charge in [0.25, 0.3) is 11.8 Å². The van der Waals surface area contributed by atoms with Crippen LogP contribution >= 0.6 is 11.6 Å². The lowest BCUT2D eigenvalue weighted by molar-refractivity contribution is -0.119. The van der Waals surface area contributed by atoms with E-state index >= 15 is 0 Å². The van der Waals surface area contributed by atoms with Crippen LogP contribution in [-0.2, 0) is 9.59 Å². The minimum atomic E-state index is -1.01. The second kappa shape index (κ2) is 5.59. The summed E-state index contributed by atoms with van der Waals surface area (Å²) in [7, 11) is 0. The van der Waals surface area contributed by atoms with Crippen LogP contribution in [0.15, 0.2) is 47.5 Å². The molecular formula is C17H10ClF2NO2. The second-order valence-electron chi connectivity index (χ2n) is 5.10. The zero-order chi connectivity index (χ0) is 16.7. The minimum absolute atomic E-state index is 0.000363. The Labute approximate surface area is 135 Å². The molecule has 0 aliphatic carbocycles. The van der Waals surface area contributed by atoms with E-state index in [4.69, 9.17) is 11.6 Å². The predicted molar refractivity (Wildman–Crippen MR) is 82.8 cm³/mol. The molecule has 0 bridgehead atoms. The number of imide groups is 1. The lowest BCUT2D eigenvalue weighted by Crippen LogP contribution is -2.32. The highest BCUT2D eigenvalue weighted by Crippen LogP contribution is 2.35. The van der Waals surface area contributed by atoms with Gasteiger partial charge in [-0.05, 0) is 24.6 Å². The van der Waals surface area contributed by atoms with Crippen LogP contribution < -0.4 is 4.90 Å². The van der Waals surface area contributed by atoms with Gasteiger partial charge in [-0.3, -0.25) is 9.59 Å². The largest absolute Gasteiger partial charge is 0.277 e. The molecule has 116 valence electrons. The summed E-state index contributed by atoms with van der Waals surface area (Å²) < 4.78 is 26.9.